The van der Waals surface area contributed by atoms with Crippen molar-refractivity contribution in [3.63, 3.8) is 0 Å². The van der Waals surface area contributed by atoms with Gasteiger partial charge in [0.05, 0.1) is 0 Å². The van der Waals surface area contributed by atoms with E-state index in [0.717, 1.165) is 0 Å². The summed E-state index contributed by atoms with van der Waals surface area (Å²) in [5.74, 6) is -0.594. The van der Waals surface area contributed by atoms with Gasteiger partial charge in [-0.1, -0.05) is 18.2 Å². The standard InChI is InChI=1S/C12H7F2I/c13-10-3-1-2-8(6-10)9-4-5-12(15)11(14)7-9/h1-7H. The Morgan fingerprint density at radius 1 is 0.867 bits per heavy atom. The van der Waals surface area contributed by atoms with E-state index in [1.807, 2.05) is 22.6 Å². The van der Waals surface area contributed by atoms with Gasteiger partial charge in [0.2, 0.25) is 0 Å². The summed E-state index contributed by atoms with van der Waals surface area (Å²) < 4.78 is 26.8. The third kappa shape index (κ3) is 2.34. The van der Waals surface area contributed by atoms with Crippen LogP contribution in [0.1, 0.15) is 0 Å². The maximum Gasteiger partial charge on any atom is 0.137 e. The van der Waals surface area contributed by atoms with Gasteiger partial charge in [0.1, 0.15) is 11.6 Å². The molecule has 15 heavy (non-hydrogen) atoms. The minimum Gasteiger partial charge on any atom is -0.207 e. The van der Waals surface area contributed by atoms with E-state index in [1.165, 1.54) is 18.2 Å². The lowest BCUT2D eigenvalue weighted by Gasteiger charge is -2.02. The first-order valence-electron chi connectivity index (χ1n) is 4.38. The molecule has 0 aliphatic rings. The summed E-state index contributed by atoms with van der Waals surface area (Å²) in [5.41, 5.74) is 1.37. The van der Waals surface area contributed by atoms with Gasteiger partial charge in [-0.2, -0.15) is 0 Å². The van der Waals surface area contributed by atoms with Gasteiger partial charge in [-0.3, -0.25) is 0 Å². The quantitative estimate of drug-likeness (QED) is 0.691. The molecule has 3 heteroatoms. The smallest absolute Gasteiger partial charge is 0.137 e. The second kappa shape index (κ2) is 4.26. The lowest BCUT2D eigenvalue weighted by molar-refractivity contribution is 0.620. The molecule has 0 unspecified atom stereocenters. The van der Waals surface area contributed by atoms with Gasteiger partial charge in [-0.15, -0.1) is 0 Å². The van der Waals surface area contributed by atoms with E-state index >= 15 is 0 Å². The molecule has 0 saturated carbocycles. The Bertz CT molecular complexity index is 495. The van der Waals surface area contributed by atoms with Crippen molar-refractivity contribution in [2.75, 3.05) is 0 Å². The van der Waals surface area contributed by atoms with E-state index in [4.69, 9.17) is 0 Å². The van der Waals surface area contributed by atoms with Crippen LogP contribution in [0.4, 0.5) is 8.78 Å². The Labute approximate surface area is 100 Å². The molecule has 0 fully saturated rings. The van der Waals surface area contributed by atoms with Crippen LogP contribution in [0.2, 0.25) is 0 Å². The molecule has 0 atom stereocenters. The fourth-order valence-corrected chi connectivity index (χ4v) is 1.68. The van der Waals surface area contributed by atoms with Crippen molar-refractivity contribution >= 4 is 22.6 Å². The van der Waals surface area contributed by atoms with Crippen LogP contribution in [0, 0.1) is 15.2 Å². The van der Waals surface area contributed by atoms with Crippen LogP contribution >= 0.6 is 22.6 Å². The molecular weight excluding hydrogens is 309 g/mol. The summed E-state index contributed by atoms with van der Waals surface area (Å²) in [6.07, 6.45) is 0. The first kappa shape index (κ1) is 10.5. The summed E-state index contributed by atoms with van der Waals surface area (Å²) in [4.78, 5) is 0. The fraction of sp³-hybridized carbons (Fsp3) is 0. The Morgan fingerprint density at radius 2 is 1.60 bits per heavy atom. The molecule has 2 aromatic carbocycles. The van der Waals surface area contributed by atoms with Gasteiger partial charge >= 0.3 is 0 Å². The largest absolute Gasteiger partial charge is 0.207 e. The van der Waals surface area contributed by atoms with Crippen LogP contribution in [0.15, 0.2) is 42.5 Å². The number of hydrogen-bond donors (Lipinski definition) is 0. The fourth-order valence-electron chi connectivity index (χ4n) is 1.34. The van der Waals surface area contributed by atoms with Gasteiger partial charge in [0.15, 0.2) is 0 Å². The third-order valence-corrected chi connectivity index (χ3v) is 2.95. The van der Waals surface area contributed by atoms with Crippen molar-refractivity contribution in [3.05, 3.63) is 57.7 Å². The van der Waals surface area contributed by atoms with E-state index in [-0.39, 0.29) is 11.6 Å². The second-order valence-electron chi connectivity index (χ2n) is 3.14. The summed E-state index contributed by atoms with van der Waals surface area (Å²) in [6.45, 7) is 0. The highest BCUT2D eigenvalue weighted by Crippen LogP contribution is 2.23. The predicted molar refractivity (Wildman–Crippen MR) is 64.5 cm³/mol. The van der Waals surface area contributed by atoms with E-state index in [9.17, 15) is 8.78 Å². The van der Waals surface area contributed by atoms with Crippen LogP contribution in [0.5, 0.6) is 0 Å². The van der Waals surface area contributed by atoms with E-state index in [1.54, 1.807) is 24.3 Å². The summed E-state index contributed by atoms with van der Waals surface area (Å²) in [5, 5.41) is 0. The summed E-state index contributed by atoms with van der Waals surface area (Å²) in [6, 6.07) is 11.0. The number of halogens is 3. The van der Waals surface area contributed by atoms with Crippen LogP contribution in [-0.4, -0.2) is 0 Å². The first-order valence-corrected chi connectivity index (χ1v) is 5.46. The minimum absolute atomic E-state index is 0.280. The summed E-state index contributed by atoms with van der Waals surface area (Å²) >= 11 is 1.92. The molecule has 0 spiro atoms. The highest BCUT2D eigenvalue weighted by molar-refractivity contribution is 14.1. The van der Waals surface area contributed by atoms with E-state index < -0.39 is 0 Å². The van der Waals surface area contributed by atoms with Crippen molar-refractivity contribution in [2.24, 2.45) is 0 Å². The zero-order chi connectivity index (χ0) is 10.8. The topological polar surface area (TPSA) is 0 Å². The molecule has 0 aromatic heterocycles. The normalized spacial score (nSPS) is 10.3. The SMILES string of the molecule is Fc1cccc(-c2ccc(I)c(F)c2)c1. The molecule has 0 amide bonds. The molecule has 0 aliphatic carbocycles. The number of rotatable bonds is 1. The molecule has 2 aromatic rings. The minimum atomic E-state index is -0.313. The van der Waals surface area contributed by atoms with Gasteiger partial charge < -0.3 is 0 Å². The first-order chi connectivity index (χ1) is 7.16. The predicted octanol–water partition coefficient (Wildman–Crippen LogP) is 4.24. The molecule has 0 N–H and O–H groups in total. The zero-order valence-electron chi connectivity index (χ0n) is 7.68. The van der Waals surface area contributed by atoms with Crippen molar-refractivity contribution in [3.8, 4) is 11.1 Å². The van der Waals surface area contributed by atoms with Gasteiger partial charge in [0, 0.05) is 3.57 Å². The molecule has 0 bridgehead atoms. The van der Waals surface area contributed by atoms with Crippen LogP contribution in [-0.2, 0) is 0 Å². The van der Waals surface area contributed by atoms with Crippen LogP contribution in [0.25, 0.3) is 11.1 Å². The molecular formula is C12H7F2I. The number of hydrogen-bond acceptors (Lipinski definition) is 0. The maximum atomic E-state index is 13.3. The molecule has 0 heterocycles. The Balaban J connectivity index is 2.50. The Hall–Kier alpha value is -0.970. The van der Waals surface area contributed by atoms with Gasteiger partial charge in [-0.05, 0) is 58.0 Å². The molecule has 0 aliphatic heterocycles. The average Bonchev–Trinajstić information content (AvgIpc) is 2.22. The second-order valence-corrected chi connectivity index (χ2v) is 4.30. The van der Waals surface area contributed by atoms with Crippen molar-refractivity contribution in [2.45, 2.75) is 0 Å². The summed E-state index contributed by atoms with van der Waals surface area (Å²) in [7, 11) is 0. The van der Waals surface area contributed by atoms with E-state index in [0.29, 0.717) is 14.7 Å². The number of benzene rings is 2. The van der Waals surface area contributed by atoms with Gasteiger partial charge in [-0.25, -0.2) is 8.78 Å². The molecule has 0 saturated heterocycles. The lowest BCUT2D eigenvalue weighted by atomic mass is 10.1. The molecule has 0 nitrogen and oxygen atoms in total. The monoisotopic (exact) mass is 316 g/mol. The van der Waals surface area contributed by atoms with Crippen LogP contribution < -0.4 is 0 Å². The zero-order valence-corrected chi connectivity index (χ0v) is 9.83. The van der Waals surface area contributed by atoms with Crippen molar-refractivity contribution in [1.82, 2.24) is 0 Å². The third-order valence-electron chi connectivity index (χ3n) is 2.08. The Kier molecular flexibility index (Phi) is 3.00. The van der Waals surface area contributed by atoms with Crippen LogP contribution in [0.3, 0.4) is 0 Å². The highest BCUT2D eigenvalue weighted by Gasteiger charge is 2.03. The molecule has 2 rings (SSSR count). The molecule has 76 valence electrons. The Morgan fingerprint density at radius 3 is 2.27 bits per heavy atom. The average molecular weight is 316 g/mol. The van der Waals surface area contributed by atoms with Crippen molar-refractivity contribution in [1.29, 1.82) is 0 Å². The van der Waals surface area contributed by atoms with Crippen molar-refractivity contribution < 1.29 is 8.78 Å². The maximum absolute atomic E-state index is 13.3. The van der Waals surface area contributed by atoms with E-state index in [2.05, 4.69) is 0 Å². The lowest BCUT2D eigenvalue weighted by Crippen LogP contribution is -1.84. The molecule has 0 radical (unpaired) electrons. The highest BCUT2D eigenvalue weighted by atomic mass is 127. The van der Waals surface area contributed by atoms with Gasteiger partial charge in [0.25, 0.3) is 0 Å².